The van der Waals surface area contributed by atoms with Crippen molar-refractivity contribution in [2.45, 2.75) is 17.1 Å². The van der Waals surface area contributed by atoms with Crippen molar-refractivity contribution in [3.05, 3.63) is 112 Å². The van der Waals surface area contributed by atoms with Crippen LogP contribution in [0.1, 0.15) is 22.3 Å². The zero-order chi connectivity index (χ0) is 24.7. The summed E-state index contributed by atoms with van der Waals surface area (Å²) in [5.41, 5.74) is 3.22. The van der Waals surface area contributed by atoms with Crippen LogP contribution in [0.4, 0.5) is 0 Å². The number of carbonyl (C=O) groups excluding carboxylic acids is 2. The van der Waals surface area contributed by atoms with Gasteiger partial charge in [-0.05, 0) is 53.1 Å². The van der Waals surface area contributed by atoms with E-state index in [2.05, 4.69) is 4.72 Å². The van der Waals surface area contributed by atoms with Gasteiger partial charge in [-0.1, -0.05) is 72.8 Å². The molecule has 0 bridgehead atoms. The first-order valence-corrected chi connectivity index (χ1v) is 13.2. The molecule has 1 amide bonds. The van der Waals surface area contributed by atoms with E-state index >= 15 is 0 Å². The molecule has 6 nitrogen and oxygen atoms in total. The zero-order valence-corrected chi connectivity index (χ0v) is 23.3. The monoisotopic (exact) mass is 527 g/mol. The molecule has 0 fully saturated rings. The third-order valence-corrected chi connectivity index (χ3v) is 7.88. The summed E-state index contributed by atoms with van der Waals surface area (Å²) >= 11 is 1.02. The van der Waals surface area contributed by atoms with Gasteiger partial charge in [-0.3, -0.25) is 4.79 Å². The van der Waals surface area contributed by atoms with Gasteiger partial charge in [0.15, 0.2) is 12.4 Å². The standard InChI is InChI=1S/C27H23NO5S2.Na/c29-25(21-9-2-1-3-10-21)19-33-23-12-6-11-22(18-23)24-13-5-4-8-20(24)15-16-26(30)28-35(31,32)27-14-7-17-34-27;/h1-14,17-18H,15-16,19H2,(H,28,30);/q;+1/p-1. The van der Waals surface area contributed by atoms with E-state index in [0.717, 1.165) is 28.0 Å². The molecule has 0 N–H and O–H groups in total. The molecule has 0 unspecified atom stereocenters. The molecule has 0 spiro atoms. The van der Waals surface area contributed by atoms with E-state index in [1.54, 1.807) is 41.8 Å². The smallest absolute Gasteiger partial charge is 0.541 e. The number of ketones is 1. The topological polar surface area (TPSA) is 91.6 Å². The Balaban J connectivity index is 0.00000361. The Hall–Kier alpha value is -2.75. The Morgan fingerprint density at radius 1 is 0.861 bits per heavy atom. The number of hydrogen-bond acceptors (Lipinski definition) is 6. The normalized spacial score (nSPS) is 10.8. The molecule has 9 heteroatoms. The van der Waals surface area contributed by atoms with Gasteiger partial charge in [-0.15, -0.1) is 11.3 Å². The number of amides is 1. The van der Waals surface area contributed by atoms with E-state index in [1.165, 1.54) is 6.07 Å². The fourth-order valence-corrected chi connectivity index (χ4v) is 5.42. The van der Waals surface area contributed by atoms with Crippen molar-refractivity contribution in [1.29, 1.82) is 0 Å². The second kappa shape index (κ2) is 13.0. The van der Waals surface area contributed by atoms with E-state index in [1.807, 2.05) is 48.5 Å². The Labute approximate surface area is 236 Å². The summed E-state index contributed by atoms with van der Waals surface area (Å²) in [5, 5.41) is 1.62. The van der Waals surface area contributed by atoms with Crippen molar-refractivity contribution in [3.8, 4) is 16.9 Å². The van der Waals surface area contributed by atoms with Crippen LogP contribution in [-0.4, -0.2) is 26.7 Å². The number of ether oxygens (including phenoxy) is 1. The van der Waals surface area contributed by atoms with Crippen molar-refractivity contribution in [2.24, 2.45) is 0 Å². The first-order valence-electron chi connectivity index (χ1n) is 10.9. The molecule has 0 saturated carbocycles. The predicted octanol–water partition coefficient (Wildman–Crippen LogP) is 2.90. The summed E-state index contributed by atoms with van der Waals surface area (Å²) in [6, 6.07) is 26.9. The molecule has 0 aliphatic rings. The number of nitrogens with zero attached hydrogens (tertiary/aromatic N) is 1. The summed E-state index contributed by atoms with van der Waals surface area (Å²) in [4.78, 5) is 24.6. The van der Waals surface area contributed by atoms with Gasteiger partial charge in [0.05, 0.1) is 5.91 Å². The molecule has 1 aromatic heterocycles. The number of hydrogen-bond donors (Lipinski definition) is 0. The van der Waals surface area contributed by atoms with E-state index in [9.17, 15) is 18.0 Å². The van der Waals surface area contributed by atoms with Gasteiger partial charge in [0.1, 0.15) is 20.0 Å². The number of thiophene rings is 1. The number of sulfonamides is 1. The maximum atomic E-state index is 12.3. The molecule has 1 heterocycles. The molecule has 0 radical (unpaired) electrons. The summed E-state index contributed by atoms with van der Waals surface area (Å²) in [5.74, 6) is -0.254. The van der Waals surface area contributed by atoms with Crippen molar-refractivity contribution >= 4 is 33.1 Å². The van der Waals surface area contributed by atoms with Gasteiger partial charge in [0, 0.05) is 5.56 Å². The zero-order valence-electron chi connectivity index (χ0n) is 19.7. The molecule has 4 aromatic rings. The minimum atomic E-state index is -3.97. The average Bonchev–Trinajstić information content (AvgIpc) is 3.43. The van der Waals surface area contributed by atoms with Crippen LogP contribution in [0.2, 0.25) is 0 Å². The van der Waals surface area contributed by atoms with Gasteiger partial charge < -0.3 is 14.3 Å². The molecule has 0 saturated heterocycles. The fraction of sp³-hybridized carbons (Fsp3) is 0.111. The Kier molecular flexibility index (Phi) is 10.0. The summed E-state index contributed by atoms with van der Waals surface area (Å²) in [6.07, 6.45) is 0.291. The van der Waals surface area contributed by atoms with E-state index in [4.69, 9.17) is 4.74 Å². The van der Waals surface area contributed by atoms with Crippen LogP contribution < -0.4 is 34.3 Å². The maximum absolute atomic E-state index is 12.3. The van der Waals surface area contributed by atoms with Crippen LogP contribution in [0.25, 0.3) is 15.8 Å². The minimum absolute atomic E-state index is 0. The quantitative estimate of drug-likeness (QED) is 0.234. The first kappa shape index (κ1) is 27.8. The molecule has 36 heavy (non-hydrogen) atoms. The van der Waals surface area contributed by atoms with Crippen molar-refractivity contribution in [3.63, 3.8) is 0 Å². The van der Waals surface area contributed by atoms with Crippen molar-refractivity contribution in [1.82, 2.24) is 0 Å². The minimum Gasteiger partial charge on any atom is -0.541 e. The Morgan fingerprint density at radius 3 is 2.36 bits per heavy atom. The Bertz CT molecular complexity index is 1420. The maximum Gasteiger partial charge on any atom is 1.00 e. The van der Waals surface area contributed by atoms with E-state index < -0.39 is 15.9 Å². The average molecular weight is 528 g/mol. The van der Waals surface area contributed by atoms with E-state index in [0.29, 0.717) is 17.7 Å². The van der Waals surface area contributed by atoms with Gasteiger partial charge >= 0.3 is 29.6 Å². The largest absolute Gasteiger partial charge is 1.00 e. The number of Topliss-reactive ketones (excluding diaryl/α,β-unsaturated/α-hetero) is 1. The fourth-order valence-electron chi connectivity index (χ4n) is 3.51. The third-order valence-electron chi connectivity index (χ3n) is 5.21. The number of benzene rings is 3. The number of carbonyl (C=O) groups is 2. The molecule has 0 aliphatic carbocycles. The second-order valence-electron chi connectivity index (χ2n) is 7.66. The predicted molar refractivity (Wildman–Crippen MR) is 136 cm³/mol. The van der Waals surface area contributed by atoms with Gasteiger partial charge in [-0.2, -0.15) is 0 Å². The van der Waals surface area contributed by atoms with Crippen LogP contribution in [0, 0.1) is 0 Å². The van der Waals surface area contributed by atoms with Crippen LogP contribution >= 0.6 is 11.3 Å². The number of rotatable bonds is 10. The van der Waals surface area contributed by atoms with Crippen LogP contribution in [0.3, 0.4) is 0 Å². The second-order valence-corrected chi connectivity index (χ2v) is 10.4. The summed E-state index contributed by atoms with van der Waals surface area (Å²) in [7, 11) is -3.97. The third kappa shape index (κ3) is 7.38. The molecule has 3 aromatic carbocycles. The summed E-state index contributed by atoms with van der Waals surface area (Å²) in [6.45, 7) is -0.0795. The van der Waals surface area contributed by atoms with Crippen molar-refractivity contribution in [2.75, 3.05) is 6.61 Å². The first-order chi connectivity index (χ1) is 16.9. The van der Waals surface area contributed by atoms with Gasteiger partial charge in [-0.25, -0.2) is 8.42 Å². The SMILES string of the molecule is O=C(CCc1ccccc1-c1cccc(OCC(=O)c2ccccc2)c1)[N-]S(=O)(=O)c1cccs1.[Na+]. The molecular formula is C27H22NNaO5S2. The molecular weight excluding hydrogens is 505 g/mol. The van der Waals surface area contributed by atoms with Crippen LogP contribution in [0.5, 0.6) is 5.75 Å². The van der Waals surface area contributed by atoms with Gasteiger partial charge in [0.2, 0.25) is 0 Å². The summed E-state index contributed by atoms with van der Waals surface area (Å²) < 4.78 is 33.7. The molecule has 0 atom stereocenters. The van der Waals surface area contributed by atoms with Crippen molar-refractivity contribution < 1.29 is 52.3 Å². The number of aryl methyl sites for hydroxylation is 1. The van der Waals surface area contributed by atoms with Gasteiger partial charge in [0.25, 0.3) is 0 Å². The van der Waals surface area contributed by atoms with E-state index in [-0.39, 0.29) is 52.6 Å². The van der Waals surface area contributed by atoms with Crippen LogP contribution in [0.15, 0.2) is 101 Å². The van der Waals surface area contributed by atoms with Crippen LogP contribution in [-0.2, 0) is 21.2 Å². The molecule has 178 valence electrons. The molecule has 0 aliphatic heterocycles. The molecule has 4 rings (SSSR count). The Morgan fingerprint density at radius 2 is 1.61 bits per heavy atom.